The van der Waals surface area contributed by atoms with Crippen LogP contribution in [0.4, 0.5) is 9.39 Å². The van der Waals surface area contributed by atoms with Gasteiger partial charge in [0.2, 0.25) is 15.9 Å². The molecule has 2 aromatic rings. The molecule has 3 rings (SSSR count). The molecule has 0 saturated carbocycles. The Morgan fingerprint density at radius 3 is 2.20 bits per heavy atom. The molecule has 190 valence electrons. The lowest BCUT2D eigenvalue weighted by atomic mass is 9.97. The van der Waals surface area contributed by atoms with Gasteiger partial charge in [0.05, 0.1) is 23.7 Å². The number of piperidine rings is 1. The maximum atomic E-state index is 13.2. The van der Waals surface area contributed by atoms with Gasteiger partial charge in [0.1, 0.15) is 15.7 Å². The first-order chi connectivity index (χ1) is 16.6. The number of amides is 1. The van der Waals surface area contributed by atoms with Gasteiger partial charge in [0, 0.05) is 19.0 Å². The highest BCUT2D eigenvalue weighted by Gasteiger charge is 2.34. The van der Waals surface area contributed by atoms with Crippen LogP contribution >= 0.6 is 11.3 Å². The molecule has 1 saturated heterocycles. The molecule has 9 nitrogen and oxygen atoms in total. The summed E-state index contributed by atoms with van der Waals surface area (Å²) in [4.78, 5) is 38.0. The fourth-order valence-electron chi connectivity index (χ4n) is 3.77. The molecular weight excluding hydrogens is 499 g/mol. The van der Waals surface area contributed by atoms with Gasteiger partial charge in [-0.15, -0.1) is 11.3 Å². The molecule has 0 bridgehead atoms. The number of benzene rings is 1. The van der Waals surface area contributed by atoms with Gasteiger partial charge in [-0.05, 0) is 63.4 Å². The maximum Gasteiger partial charge on any atom is 0.348 e. The van der Waals surface area contributed by atoms with Crippen molar-refractivity contribution in [3.05, 3.63) is 46.1 Å². The van der Waals surface area contributed by atoms with Gasteiger partial charge in [-0.2, -0.15) is 4.31 Å². The fourth-order valence-corrected chi connectivity index (χ4v) is 6.33. The number of rotatable bonds is 8. The standard InChI is InChI=1S/C23H27FN2O7S2/c1-4-32-22(28)18-14(3)19(23(29)33-5-2)34-21(18)25-20(27)15-10-12-26(13-11-15)35(30,31)17-8-6-16(24)7-9-17/h6-9,15H,4-5,10-13H2,1-3H3,(H,25,27). The molecule has 1 amide bonds. The largest absolute Gasteiger partial charge is 0.462 e. The Balaban J connectivity index is 1.73. The van der Waals surface area contributed by atoms with Gasteiger partial charge in [0.25, 0.3) is 0 Å². The molecule has 12 heteroatoms. The molecule has 0 radical (unpaired) electrons. The van der Waals surface area contributed by atoms with E-state index in [1.54, 1.807) is 20.8 Å². The lowest BCUT2D eigenvalue weighted by Gasteiger charge is -2.30. The second kappa shape index (κ2) is 11.3. The molecule has 0 spiro atoms. The number of carbonyl (C=O) groups excluding carboxylic acids is 3. The van der Waals surface area contributed by atoms with Gasteiger partial charge in [-0.1, -0.05) is 0 Å². The maximum absolute atomic E-state index is 13.2. The Morgan fingerprint density at radius 2 is 1.63 bits per heavy atom. The first-order valence-electron chi connectivity index (χ1n) is 11.1. The zero-order chi connectivity index (χ0) is 25.8. The molecule has 0 aliphatic carbocycles. The van der Waals surface area contributed by atoms with Gasteiger partial charge in [-0.3, -0.25) is 4.79 Å². The number of carbonyl (C=O) groups is 3. The number of nitrogens with zero attached hydrogens (tertiary/aromatic N) is 1. The topological polar surface area (TPSA) is 119 Å². The van der Waals surface area contributed by atoms with Crippen molar-refractivity contribution in [1.29, 1.82) is 0 Å². The van der Waals surface area contributed by atoms with Crippen molar-refractivity contribution >= 4 is 44.2 Å². The van der Waals surface area contributed by atoms with Gasteiger partial charge in [0.15, 0.2) is 0 Å². The van der Waals surface area contributed by atoms with Crippen molar-refractivity contribution < 1.29 is 36.7 Å². The van der Waals surface area contributed by atoms with Gasteiger partial charge < -0.3 is 14.8 Å². The lowest BCUT2D eigenvalue weighted by molar-refractivity contribution is -0.120. The summed E-state index contributed by atoms with van der Waals surface area (Å²) in [6.07, 6.45) is 0.520. The third kappa shape index (κ3) is 5.88. The van der Waals surface area contributed by atoms with E-state index < -0.39 is 33.7 Å². The smallest absolute Gasteiger partial charge is 0.348 e. The van der Waals surface area contributed by atoms with Crippen LogP contribution in [0.3, 0.4) is 0 Å². The first-order valence-corrected chi connectivity index (χ1v) is 13.4. The van der Waals surface area contributed by atoms with E-state index in [0.29, 0.717) is 5.56 Å². The zero-order valence-corrected chi connectivity index (χ0v) is 21.3. The van der Waals surface area contributed by atoms with E-state index in [2.05, 4.69) is 5.32 Å². The molecular formula is C23H27FN2O7S2. The number of hydrogen-bond donors (Lipinski definition) is 1. The van der Waals surface area contributed by atoms with Crippen LogP contribution in [-0.2, 0) is 24.3 Å². The molecule has 1 aliphatic heterocycles. The second-order valence-corrected chi connectivity index (χ2v) is 10.8. The molecule has 1 aromatic heterocycles. The molecule has 1 N–H and O–H groups in total. The predicted octanol–water partition coefficient (Wildman–Crippen LogP) is 3.59. The highest BCUT2D eigenvalue weighted by molar-refractivity contribution is 7.89. The Kier molecular flexibility index (Phi) is 8.62. The highest BCUT2D eigenvalue weighted by atomic mass is 32.2. The normalized spacial score (nSPS) is 15.0. The molecule has 0 unspecified atom stereocenters. The van der Waals surface area contributed by atoms with Crippen molar-refractivity contribution in [2.75, 3.05) is 31.6 Å². The average molecular weight is 527 g/mol. The first kappa shape index (κ1) is 26.8. The van der Waals surface area contributed by atoms with E-state index in [1.807, 2.05) is 0 Å². The quantitative estimate of drug-likeness (QED) is 0.522. The summed E-state index contributed by atoms with van der Waals surface area (Å²) in [7, 11) is -3.80. The average Bonchev–Trinajstić information content (AvgIpc) is 3.15. The number of esters is 2. The summed E-state index contributed by atoms with van der Waals surface area (Å²) in [6, 6.07) is 4.59. The van der Waals surface area contributed by atoms with Crippen LogP contribution in [0.2, 0.25) is 0 Å². The summed E-state index contributed by atoms with van der Waals surface area (Å²) in [6.45, 7) is 5.41. The van der Waals surface area contributed by atoms with Crippen LogP contribution in [0.15, 0.2) is 29.2 Å². The van der Waals surface area contributed by atoms with Crippen LogP contribution in [0, 0.1) is 18.7 Å². The number of hydrogen-bond acceptors (Lipinski definition) is 8. The number of thiophene rings is 1. The van der Waals surface area contributed by atoms with Crippen LogP contribution in [0.5, 0.6) is 0 Å². The van der Waals surface area contributed by atoms with E-state index in [-0.39, 0.29) is 65.4 Å². The summed E-state index contributed by atoms with van der Waals surface area (Å²) >= 11 is 0.940. The Bertz CT molecular complexity index is 1200. The minimum Gasteiger partial charge on any atom is -0.462 e. The number of halogens is 1. The number of nitrogens with one attached hydrogen (secondary N) is 1. The molecule has 35 heavy (non-hydrogen) atoms. The summed E-state index contributed by atoms with van der Waals surface area (Å²) in [5.41, 5.74) is 0.465. The van der Waals surface area contributed by atoms with Crippen LogP contribution < -0.4 is 5.32 Å². The van der Waals surface area contributed by atoms with Crippen molar-refractivity contribution in [3.63, 3.8) is 0 Å². The molecule has 0 atom stereocenters. The highest BCUT2D eigenvalue weighted by Crippen LogP contribution is 2.35. The van der Waals surface area contributed by atoms with E-state index in [9.17, 15) is 27.2 Å². The van der Waals surface area contributed by atoms with Crippen molar-refractivity contribution in [2.24, 2.45) is 5.92 Å². The van der Waals surface area contributed by atoms with Crippen LogP contribution in [-0.4, -0.2) is 56.9 Å². The Labute approximate surface area is 207 Å². The number of anilines is 1. The van der Waals surface area contributed by atoms with Crippen molar-refractivity contribution in [3.8, 4) is 0 Å². The molecule has 1 fully saturated rings. The lowest BCUT2D eigenvalue weighted by Crippen LogP contribution is -2.41. The summed E-state index contributed by atoms with van der Waals surface area (Å²) < 4.78 is 50.2. The molecule has 1 aliphatic rings. The van der Waals surface area contributed by atoms with E-state index in [4.69, 9.17) is 9.47 Å². The van der Waals surface area contributed by atoms with Gasteiger partial charge >= 0.3 is 11.9 Å². The SMILES string of the molecule is CCOC(=O)c1sc(NC(=O)C2CCN(S(=O)(=O)c3ccc(F)cc3)CC2)c(C(=O)OCC)c1C. The predicted molar refractivity (Wildman–Crippen MR) is 127 cm³/mol. The third-order valence-electron chi connectivity index (χ3n) is 5.60. The third-order valence-corrected chi connectivity index (χ3v) is 8.70. The van der Waals surface area contributed by atoms with E-state index in [1.165, 1.54) is 16.4 Å². The minimum atomic E-state index is -3.80. The summed E-state index contributed by atoms with van der Waals surface area (Å²) in [5.74, 6) is -2.67. The van der Waals surface area contributed by atoms with Crippen LogP contribution in [0.1, 0.15) is 52.3 Å². The van der Waals surface area contributed by atoms with Crippen molar-refractivity contribution in [1.82, 2.24) is 4.31 Å². The van der Waals surface area contributed by atoms with Crippen LogP contribution in [0.25, 0.3) is 0 Å². The fraction of sp³-hybridized carbons (Fsp3) is 0.435. The minimum absolute atomic E-state index is 0.0126. The Hall–Kier alpha value is -2.83. The van der Waals surface area contributed by atoms with Crippen molar-refractivity contribution in [2.45, 2.75) is 38.5 Å². The number of ether oxygens (including phenoxy) is 2. The number of sulfonamides is 1. The zero-order valence-electron chi connectivity index (χ0n) is 19.6. The second-order valence-electron chi connectivity index (χ2n) is 7.82. The van der Waals surface area contributed by atoms with E-state index in [0.717, 1.165) is 23.5 Å². The van der Waals surface area contributed by atoms with Gasteiger partial charge in [-0.25, -0.2) is 22.4 Å². The van der Waals surface area contributed by atoms with E-state index >= 15 is 0 Å². The molecule has 2 heterocycles. The molecule has 1 aromatic carbocycles. The Morgan fingerprint density at radius 1 is 1.06 bits per heavy atom. The summed E-state index contributed by atoms with van der Waals surface area (Å²) in [5, 5.41) is 2.92. The monoisotopic (exact) mass is 526 g/mol.